The Morgan fingerprint density at radius 2 is 1.31 bits per heavy atom. The third kappa shape index (κ3) is 5.75. The van der Waals surface area contributed by atoms with E-state index in [1.54, 1.807) is 0 Å². The third-order valence-electron chi connectivity index (χ3n) is 4.90. The number of rotatable bonds is 8. The molecule has 1 fully saturated rings. The SMILES string of the molecule is c1ccc(COC[C@@H]2O[C@H](c3ccccc3)OC[C@H]2OCc2ccccc2)cc1. The van der Waals surface area contributed by atoms with Crippen molar-refractivity contribution in [2.24, 2.45) is 0 Å². The third-order valence-corrected chi connectivity index (χ3v) is 4.90. The highest BCUT2D eigenvalue weighted by atomic mass is 16.7. The van der Waals surface area contributed by atoms with E-state index in [4.69, 9.17) is 18.9 Å². The van der Waals surface area contributed by atoms with Gasteiger partial charge in [-0.05, 0) is 11.1 Å². The predicted molar refractivity (Wildman–Crippen MR) is 111 cm³/mol. The summed E-state index contributed by atoms with van der Waals surface area (Å²) < 4.78 is 24.3. The van der Waals surface area contributed by atoms with Gasteiger partial charge in [-0.3, -0.25) is 0 Å². The molecule has 29 heavy (non-hydrogen) atoms. The van der Waals surface area contributed by atoms with Crippen molar-refractivity contribution < 1.29 is 18.9 Å². The van der Waals surface area contributed by atoms with Crippen LogP contribution in [0.15, 0.2) is 91.0 Å². The molecule has 1 aliphatic heterocycles. The van der Waals surface area contributed by atoms with Crippen LogP contribution in [-0.4, -0.2) is 25.4 Å². The summed E-state index contributed by atoms with van der Waals surface area (Å²) in [5.74, 6) is 0. The Kier molecular flexibility index (Phi) is 7.05. The van der Waals surface area contributed by atoms with Gasteiger partial charge in [0.05, 0.1) is 26.4 Å². The first-order valence-corrected chi connectivity index (χ1v) is 9.98. The summed E-state index contributed by atoms with van der Waals surface area (Å²) >= 11 is 0. The second-order valence-electron chi connectivity index (χ2n) is 7.09. The molecule has 150 valence electrons. The standard InChI is InChI=1S/C25H26O4/c1-4-10-20(11-5-1)16-26-18-24-23(27-17-21-12-6-2-7-13-21)19-28-25(29-24)22-14-8-3-9-15-22/h1-15,23-25H,16-19H2/t23-,24+,25-/m1/s1. The summed E-state index contributed by atoms with van der Waals surface area (Å²) in [6, 6.07) is 30.3. The Balaban J connectivity index is 1.38. The quantitative estimate of drug-likeness (QED) is 0.548. The van der Waals surface area contributed by atoms with Crippen molar-refractivity contribution in [1.29, 1.82) is 0 Å². The van der Waals surface area contributed by atoms with Crippen molar-refractivity contribution in [2.75, 3.05) is 13.2 Å². The monoisotopic (exact) mass is 390 g/mol. The van der Waals surface area contributed by atoms with E-state index in [2.05, 4.69) is 24.3 Å². The molecule has 1 saturated heterocycles. The molecule has 3 aromatic rings. The summed E-state index contributed by atoms with van der Waals surface area (Å²) in [4.78, 5) is 0. The number of benzene rings is 3. The minimum Gasteiger partial charge on any atom is -0.374 e. The van der Waals surface area contributed by atoms with Crippen LogP contribution in [0, 0.1) is 0 Å². The average Bonchev–Trinajstić information content (AvgIpc) is 2.80. The topological polar surface area (TPSA) is 36.9 Å². The van der Waals surface area contributed by atoms with Crippen molar-refractivity contribution in [1.82, 2.24) is 0 Å². The highest BCUT2D eigenvalue weighted by Gasteiger charge is 2.33. The molecule has 0 unspecified atom stereocenters. The van der Waals surface area contributed by atoms with Gasteiger partial charge in [-0.2, -0.15) is 0 Å². The van der Waals surface area contributed by atoms with Crippen LogP contribution >= 0.6 is 0 Å². The number of hydrogen-bond acceptors (Lipinski definition) is 4. The Hall–Kier alpha value is -2.50. The van der Waals surface area contributed by atoms with E-state index < -0.39 is 6.29 Å². The molecule has 0 aromatic heterocycles. The molecule has 0 saturated carbocycles. The van der Waals surface area contributed by atoms with Gasteiger partial charge in [0.25, 0.3) is 0 Å². The molecule has 1 heterocycles. The van der Waals surface area contributed by atoms with E-state index in [-0.39, 0.29) is 12.2 Å². The Morgan fingerprint density at radius 3 is 1.97 bits per heavy atom. The first-order valence-electron chi connectivity index (χ1n) is 9.98. The Bertz CT molecular complexity index is 838. The lowest BCUT2D eigenvalue weighted by molar-refractivity contribution is -0.276. The molecule has 0 spiro atoms. The molecule has 0 radical (unpaired) electrons. The van der Waals surface area contributed by atoms with Gasteiger partial charge in [0.2, 0.25) is 0 Å². The van der Waals surface area contributed by atoms with Crippen LogP contribution in [0.4, 0.5) is 0 Å². The maximum absolute atomic E-state index is 6.24. The normalized spacial score (nSPS) is 21.7. The summed E-state index contributed by atoms with van der Waals surface area (Å²) in [5.41, 5.74) is 3.27. The zero-order valence-corrected chi connectivity index (χ0v) is 16.4. The molecule has 4 heteroatoms. The van der Waals surface area contributed by atoms with Crippen molar-refractivity contribution >= 4 is 0 Å². The smallest absolute Gasteiger partial charge is 0.184 e. The number of ether oxygens (including phenoxy) is 4. The Morgan fingerprint density at radius 1 is 0.724 bits per heavy atom. The molecule has 0 aliphatic carbocycles. The van der Waals surface area contributed by atoms with E-state index >= 15 is 0 Å². The van der Waals surface area contributed by atoms with Crippen molar-refractivity contribution in [3.63, 3.8) is 0 Å². The van der Waals surface area contributed by atoms with Gasteiger partial charge in [0.1, 0.15) is 12.2 Å². The first kappa shape index (κ1) is 19.8. The summed E-state index contributed by atoms with van der Waals surface area (Å²) in [6.07, 6.45) is -0.801. The summed E-state index contributed by atoms with van der Waals surface area (Å²) in [7, 11) is 0. The van der Waals surface area contributed by atoms with Gasteiger partial charge in [0.15, 0.2) is 6.29 Å². The lowest BCUT2D eigenvalue weighted by Gasteiger charge is -2.36. The maximum Gasteiger partial charge on any atom is 0.184 e. The molecule has 3 aromatic carbocycles. The van der Waals surface area contributed by atoms with E-state index in [0.717, 1.165) is 16.7 Å². The molecule has 0 amide bonds. The van der Waals surface area contributed by atoms with Gasteiger partial charge in [-0.25, -0.2) is 0 Å². The van der Waals surface area contributed by atoms with Crippen LogP contribution in [0.1, 0.15) is 23.0 Å². The predicted octanol–water partition coefficient (Wildman–Crippen LogP) is 4.90. The largest absolute Gasteiger partial charge is 0.374 e. The van der Waals surface area contributed by atoms with Crippen molar-refractivity contribution in [2.45, 2.75) is 31.7 Å². The maximum atomic E-state index is 6.24. The molecule has 3 atom stereocenters. The molecule has 1 aliphatic rings. The van der Waals surface area contributed by atoms with Crippen molar-refractivity contribution in [3.8, 4) is 0 Å². The first-order chi connectivity index (χ1) is 14.4. The highest BCUT2D eigenvalue weighted by molar-refractivity contribution is 5.17. The van der Waals surface area contributed by atoms with Gasteiger partial charge in [0, 0.05) is 5.56 Å². The Labute approximate surface area is 172 Å². The van der Waals surface area contributed by atoms with E-state index in [9.17, 15) is 0 Å². The van der Waals surface area contributed by atoms with Gasteiger partial charge >= 0.3 is 0 Å². The van der Waals surface area contributed by atoms with Gasteiger partial charge in [-0.15, -0.1) is 0 Å². The zero-order valence-electron chi connectivity index (χ0n) is 16.4. The molecule has 0 bridgehead atoms. The lowest BCUT2D eigenvalue weighted by atomic mass is 10.1. The lowest BCUT2D eigenvalue weighted by Crippen LogP contribution is -2.44. The fourth-order valence-electron chi connectivity index (χ4n) is 3.31. The van der Waals surface area contributed by atoms with Crippen molar-refractivity contribution in [3.05, 3.63) is 108 Å². The summed E-state index contributed by atoms with van der Waals surface area (Å²) in [5, 5.41) is 0. The molecular formula is C25H26O4. The molecule has 4 rings (SSSR count). The zero-order chi connectivity index (χ0) is 19.7. The van der Waals surface area contributed by atoms with Crippen LogP contribution in [0.5, 0.6) is 0 Å². The fraction of sp³-hybridized carbons (Fsp3) is 0.280. The van der Waals surface area contributed by atoms with Crippen LogP contribution in [0.3, 0.4) is 0 Å². The van der Waals surface area contributed by atoms with Crippen LogP contribution in [-0.2, 0) is 32.2 Å². The minimum absolute atomic E-state index is 0.189. The van der Waals surface area contributed by atoms with Crippen LogP contribution in [0.2, 0.25) is 0 Å². The second-order valence-corrected chi connectivity index (χ2v) is 7.09. The van der Waals surface area contributed by atoms with E-state index in [1.807, 2.05) is 66.7 Å². The van der Waals surface area contributed by atoms with E-state index in [0.29, 0.717) is 26.4 Å². The minimum atomic E-state index is -0.405. The fourth-order valence-corrected chi connectivity index (χ4v) is 3.31. The molecule has 0 N–H and O–H groups in total. The van der Waals surface area contributed by atoms with Gasteiger partial charge in [-0.1, -0.05) is 91.0 Å². The number of hydrogen-bond donors (Lipinski definition) is 0. The van der Waals surface area contributed by atoms with E-state index in [1.165, 1.54) is 0 Å². The average molecular weight is 390 g/mol. The van der Waals surface area contributed by atoms with Crippen LogP contribution in [0.25, 0.3) is 0 Å². The molecular weight excluding hydrogens is 364 g/mol. The second kappa shape index (κ2) is 10.3. The van der Waals surface area contributed by atoms with Gasteiger partial charge < -0.3 is 18.9 Å². The van der Waals surface area contributed by atoms with Crippen LogP contribution < -0.4 is 0 Å². The molecule has 4 nitrogen and oxygen atoms in total. The summed E-state index contributed by atoms with van der Waals surface area (Å²) in [6.45, 7) is 1.97. The highest BCUT2D eigenvalue weighted by Crippen LogP contribution is 2.28.